The Labute approximate surface area is 83.7 Å². The Morgan fingerprint density at radius 3 is 2.79 bits per heavy atom. The number of hydrogen-bond acceptors (Lipinski definition) is 3. The highest BCUT2D eigenvalue weighted by molar-refractivity contribution is 5.22. The van der Waals surface area contributed by atoms with Crippen molar-refractivity contribution in [3.63, 3.8) is 0 Å². The highest BCUT2D eigenvalue weighted by Gasteiger charge is 2.30. The summed E-state index contributed by atoms with van der Waals surface area (Å²) in [6, 6.07) is 3.15. The molecule has 4 heteroatoms. The van der Waals surface area contributed by atoms with Crippen LogP contribution in [-0.4, -0.2) is 33.8 Å². The van der Waals surface area contributed by atoms with E-state index in [9.17, 15) is 0 Å². The SMILES string of the molecule is CC(C)N1CC(n2cc(C#N)cn2)C1. The molecule has 0 aliphatic carbocycles. The maximum Gasteiger partial charge on any atom is 0.102 e. The van der Waals surface area contributed by atoms with Gasteiger partial charge in [-0.15, -0.1) is 0 Å². The molecule has 0 unspecified atom stereocenters. The van der Waals surface area contributed by atoms with Gasteiger partial charge in [0.25, 0.3) is 0 Å². The average molecular weight is 190 g/mol. The van der Waals surface area contributed by atoms with Crippen LogP contribution in [0.3, 0.4) is 0 Å². The van der Waals surface area contributed by atoms with E-state index in [0.29, 0.717) is 17.6 Å². The monoisotopic (exact) mass is 190 g/mol. The summed E-state index contributed by atoms with van der Waals surface area (Å²) < 4.78 is 1.90. The van der Waals surface area contributed by atoms with E-state index in [2.05, 4.69) is 29.9 Å². The molecular formula is C10H14N4. The summed E-state index contributed by atoms with van der Waals surface area (Å²) in [5.74, 6) is 0. The summed E-state index contributed by atoms with van der Waals surface area (Å²) in [5.41, 5.74) is 0.646. The second kappa shape index (κ2) is 3.43. The maximum absolute atomic E-state index is 8.65. The number of nitriles is 1. The van der Waals surface area contributed by atoms with E-state index in [1.165, 1.54) is 0 Å². The van der Waals surface area contributed by atoms with Crippen LogP contribution in [0.1, 0.15) is 25.5 Å². The van der Waals surface area contributed by atoms with Crippen LogP contribution in [0.4, 0.5) is 0 Å². The van der Waals surface area contributed by atoms with Gasteiger partial charge in [-0.05, 0) is 13.8 Å². The summed E-state index contributed by atoms with van der Waals surface area (Å²) in [5, 5.41) is 12.8. The molecule has 0 aromatic carbocycles. The lowest BCUT2D eigenvalue weighted by Crippen LogP contribution is -2.50. The fraction of sp³-hybridized carbons (Fsp3) is 0.600. The van der Waals surface area contributed by atoms with Crippen molar-refractivity contribution in [2.75, 3.05) is 13.1 Å². The number of likely N-dealkylation sites (tertiary alicyclic amines) is 1. The van der Waals surface area contributed by atoms with Crippen molar-refractivity contribution in [1.82, 2.24) is 14.7 Å². The standard InChI is InChI=1S/C10H14N4/c1-8(2)13-6-10(7-13)14-5-9(3-11)4-12-14/h4-5,8,10H,6-7H2,1-2H3. The van der Waals surface area contributed by atoms with Crippen LogP contribution >= 0.6 is 0 Å². The van der Waals surface area contributed by atoms with E-state index in [4.69, 9.17) is 5.26 Å². The molecule has 0 bridgehead atoms. The zero-order valence-corrected chi connectivity index (χ0v) is 8.51. The van der Waals surface area contributed by atoms with Gasteiger partial charge in [-0.3, -0.25) is 9.58 Å². The molecule has 14 heavy (non-hydrogen) atoms. The molecule has 2 rings (SSSR count). The third-order valence-corrected chi connectivity index (χ3v) is 2.73. The second-order valence-corrected chi connectivity index (χ2v) is 4.02. The molecular weight excluding hydrogens is 176 g/mol. The van der Waals surface area contributed by atoms with E-state index in [1.54, 1.807) is 6.20 Å². The Kier molecular flexibility index (Phi) is 2.26. The van der Waals surface area contributed by atoms with Crippen LogP contribution in [-0.2, 0) is 0 Å². The normalized spacial score (nSPS) is 18.1. The van der Waals surface area contributed by atoms with Crippen molar-refractivity contribution >= 4 is 0 Å². The Balaban J connectivity index is 1.97. The molecule has 0 radical (unpaired) electrons. The highest BCUT2D eigenvalue weighted by atomic mass is 15.4. The van der Waals surface area contributed by atoms with E-state index >= 15 is 0 Å². The van der Waals surface area contributed by atoms with Crippen molar-refractivity contribution in [2.45, 2.75) is 25.9 Å². The van der Waals surface area contributed by atoms with Crippen LogP contribution < -0.4 is 0 Å². The van der Waals surface area contributed by atoms with E-state index in [0.717, 1.165) is 13.1 Å². The number of nitrogens with zero attached hydrogens (tertiary/aromatic N) is 4. The van der Waals surface area contributed by atoms with Gasteiger partial charge in [0.1, 0.15) is 6.07 Å². The van der Waals surface area contributed by atoms with Crippen molar-refractivity contribution in [2.24, 2.45) is 0 Å². The van der Waals surface area contributed by atoms with Gasteiger partial charge in [0.15, 0.2) is 0 Å². The lowest BCUT2D eigenvalue weighted by Gasteiger charge is -2.41. The molecule has 74 valence electrons. The van der Waals surface area contributed by atoms with Gasteiger partial charge in [0.05, 0.1) is 17.8 Å². The zero-order valence-electron chi connectivity index (χ0n) is 8.51. The predicted molar refractivity (Wildman–Crippen MR) is 52.7 cm³/mol. The van der Waals surface area contributed by atoms with Gasteiger partial charge < -0.3 is 0 Å². The van der Waals surface area contributed by atoms with Gasteiger partial charge in [-0.25, -0.2) is 0 Å². The third kappa shape index (κ3) is 1.51. The molecule has 1 aromatic rings. The van der Waals surface area contributed by atoms with Gasteiger partial charge in [0, 0.05) is 25.3 Å². The predicted octanol–water partition coefficient (Wildman–Crippen LogP) is 1.02. The molecule has 1 saturated heterocycles. The summed E-state index contributed by atoms with van der Waals surface area (Å²) in [4.78, 5) is 2.39. The Bertz CT molecular complexity index is 354. The second-order valence-electron chi connectivity index (χ2n) is 4.02. The quantitative estimate of drug-likeness (QED) is 0.699. The minimum Gasteiger partial charge on any atom is -0.297 e. The van der Waals surface area contributed by atoms with Crippen molar-refractivity contribution in [3.05, 3.63) is 18.0 Å². The first kappa shape index (κ1) is 9.22. The summed E-state index contributed by atoms with van der Waals surface area (Å²) >= 11 is 0. The Morgan fingerprint density at radius 1 is 1.57 bits per heavy atom. The van der Waals surface area contributed by atoms with E-state index in [-0.39, 0.29) is 0 Å². The molecule has 1 aromatic heterocycles. The summed E-state index contributed by atoms with van der Waals surface area (Å²) in [6.07, 6.45) is 3.44. The molecule has 0 saturated carbocycles. The average Bonchev–Trinajstić information content (AvgIpc) is 2.49. The minimum absolute atomic E-state index is 0.458. The first-order valence-corrected chi connectivity index (χ1v) is 4.89. The molecule has 1 aliphatic rings. The molecule has 1 fully saturated rings. The van der Waals surface area contributed by atoms with Gasteiger partial charge in [-0.1, -0.05) is 0 Å². The fourth-order valence-electron chi connectivity index (χ4n) is 1.67. The topological polar surface area (TPSA) is 44.9 Å². The largest absolute Gasteiger partial charge is 0.297 e. The number of aromatic nitrogens is 2. The number of rotatable bonds is 2. The van der Waals surface area contributed by atoms with Crippen LogP contribution in [0.15, 0.2) is 12.4 Å². The van der Waals surface area contributed by atoms with Crippen LogP contribution in [0, 0.1) is 11.3 Å². The Hall–Kier alpha value is -1.34. The molecule has 4 nitrogen and oxygen atoms in total. The lowest BCUT2D eigenvalue weighted by molar-refractivity contribution is 0.0675. The molecule has 0 spiro atoms. The van der Waals surface area contributed by atoms with Crippen LogP contribution in [0.25, 0.3) is 0 Å². The van der Waals surface area contributed by atoms with Crippen molar-refractivity contribution in [3.8, 4) is 6.07 Å². The number of hydrogen-bond donors (Lipinski definition) is 0. The molecule has 1 aliphatic heterocycles. The maximum atomic E-state index is 8.65. The summed E-state index contributed by atoms with van der Waals surface area (Å²) in [6.45, 7) is 6.48. The lowest BCUT2D eigenvalue weighted by atomic mass is 10.1. The molecule has 2 heterocycles. The Morgan fingerprint density at radius 2 is 2.29 bits per heavy atom. The summed E-state index contributed by atoms with van der Waals surface area (Å²) in [7, 11) is 0. The first-order valence-electron chi connectivity index (χ1n) is 4.89. The minimum atomic E-state index is 0.458. The smallest absolute Gasteiger partial charge is 0.102 e. The molecule has 0 atom stereocenters. The van der Waals surface area contributed by atoms with E-state index in [1.807, 2.05) is 10.9 Å². The molecule has 0 amide bonds. The highest BCUT2D eigenvalue weighted by Crippen LogP contribution is 2.22. The fourth-order valence-corrected chi connectivity index (χ4v) is 1.67. The van der Waals surface area contributed by atoms with Gasteiger partial charge in [0.2, 0.25) is 0 Å². The van der Waals surface area contributed by atoms with Crippen LogP contribution in [0.2, 0.25) is 0 Å². The molecule has 0 N–H and O–H groups in total. The van der Waals surface area contributed by atoms with E-state index < -0.39 is 0 Å². The van der Waals surface area contributed by atoms with Gasteiger partial charge in [-0.2, -0.15) is 10.4 Å². The van der Waals surface area contributed by atoms with Crippen LogP contribution in [0.5, 0.6) is 0 Å². The van der Waals surface area contributed by atoms with Crippen molar-refractivity contribution < 1.29 is 0 Å². The first-order chi connectivity index (χ1) is 6.70. The van der Waals surface area contributed by atoms with Crippen molar-refractivity contribution in [1.29, 1.82) is 5.26 Å². The zero-order chi connectivity index (χ0) is 10.1. The van der Waals surface area contributed by atoms with Gasteiger partial charge >= 0.3 is 0 Å². The third-order valence-electron chi connectivity index (χ3n) is 2.73.